The summed E-state index contributed by atoms with van der Waals surface area (Å²) in [7, 11) is 1.47. The van der Waals surface area contributed by atoms with Crippen LogP contribution >= 0.6 is 0 Å². The van der Waals surface area contributed by atoms with Crippen LogP contribution < -0.4 is 10.2 Å². The van der Waals surface area contributed by atoms with Crippen LogP contribution in [0.25, 0.3) is 11.0 Å². The summed E-state index contributed by atoms with van der Waals surface area (Å²) in [4.78, 5) is 30.9. The lowest BCUT2D eigenvalue weighted by Gasteiger charge is -2.27. The Kier molecular flexibility index (Phi) is 6.19. The number of methoxy groups -OCH3 is 1. The van der Waals surface area contributed by atoms with Gasteiger partial charge in [0.1, 0.15) is 5.58 Å². The highest BCUT2D eigenvalue weighted by atomic mass is 16.5. The van der Waals surface area contributed by atoms with Crippen LogP contribution in [-0.2, 0) is 0 Å². The van der Waals surface area contributed by atoms with Gasteiger partial charge < -0.3 is 24.1 Å². The van der Waals surface area contributed by atoms with Crippen LogP contribution in [0.4, 0.5) is 0 Å². The molecule has 1 aliphatic heterocycles. The van der Waals surface area contributed by atoms with Gasteiger partial charge in [-0.05, 0) is 55.9 Å². The van der Waals surface area contributed by atoms with E-state index in [4.69, 9.17) is 9.15 Å². The minimum absolute atomic E-state index is 0.000531. The van der Waals surface area contributed by atoms with Gasteiger partial charge in [0.2, 0.25) is 5.76 Å². The molecule has 4 rings (SSSR count). The van der Waals surface area contributed by atoms with Crippen molar-refractivity contribution < 1.29 is 19.1 Å². The highest BCUT2D eigenvalue weighted by molar-refractivity contribution is 5.99. The predicted molar refractivity (Wildman–Crippen MR) is 122 cm³/mol. The Balaban J connectivity index is 1.81. The number of aromatic hydroxyl groups is 1. The van der Waals surface area contributed by atoms with Crippen LogP contribution in [0, 0.1) is 0 Å². The van der Waals surface area contributed by atoms with E-state index in [1.807, 2.05) is 0 Å². The van der Waals surface area contributed by atoms with Crippen molar-refractivity contribution >= 4 is 16.9 Å². The van der Waals surface area contributed by atoms with E-state index in [0.717, 1.165) is 26.1 Å². The van der Waals surface area contributed by atoms with Crippen molar-refractivity contribution in [1.29, 1.82) is 0 Å². The Labute approximate surface area is 186 Å². The van der Waals surface area contributed by atoms with Crippen molar-refractivity contribution in [2.24, 2.45) is 0 Å². The molecule has 0 aliphatic carbocycles. The molecule has 168 valence electrons. The lowest BCUT2D eigenvalue weighted by Crippen LogP contribution is -2.33. The summed E-state index contributed by atoms with van der Waals surface area (Å²) in [5, 5.41) is 10.5. The number of phenols is 1. The fourth-order valence-electron chi connectivity index (χ4n) is 4.41. The van der Waals surface area contributed by atoms with E-state index in [-0.39, 0.29) is 28.6 Å². The average Bonchev–Trinajstić information content (AvgIpc) is 3.09. The second kappa shape index (κ2) is 9.04. The number of hydrogen-bond donors (Lipinski definition) is 1. The molecule has 0 saturated carbocycles. The topological polar surface area (TPSA) is 83.2 Å². The maximum atomic E-state index is 13.5. The van der Waals surface area contributed by atoms with Crippen molar-refractivity contribution in [3.63, 3.8) is 0 Å². The maximum absolute atomic E-state index is 13.5. The van der Waals surface area contributed by atoms with Gasteiger partial charge in [-0.25, -0.2) is 0 Å². The number of benzene rings is 2. The first-order valence-electron chi connectivity index (χ1n) is 11.0. The molecular formula is C25H28N2O5. The van der Waals surface area contributed by atoms with Crippen molar-refractivity contribution in [1.82, 2.24) is 9.80 Å². The van der Waals surface area contributed by atoms with E-state index in [2.05, 4.69) is 18.7 Å². The van der Waals surface area contributed by atoms with Crippen molar-refractivity contribution in [2.75, 3.05) is 33.3 Å². The molecule has 0 radical (unpaired) electrons. The SMILES string of the molecule is CCN(CC)CCCN1C(=O)c2oc3ccccc3c(=O)c2C1c1ccc(O)c(OC)c1. The quantitative estimate of drug-likeness (QED) is 0.579. The monoisotopic (exact) mass is 436 g/mol. The lowest BCUT2D eigenvalue weighted by molar-refractivity contribution is 0.0720. The van der Waals surface area contributed by atoms with E-state index in [9.17, 15) is 14.7 Å². The fourth-order valence-corrected chi connectivity index (χ4v) is 4.41. The Morgan fingerprint density at radius 1 is 1.12 bits per heavy atom. The summed E-state index contributed by atoms with van der Waals surface area (Å²) in [5.74, 6) is 0.0871. The summed E-state index contributed by atoms with van der Waals surface area (Å²) >= 11 is 0. The van der Waals surface area contributed by atoms with Crippen molar-refractivity contribution in [2.45, 2.75) is 26.3 Å². The minimum atomic E-state index is -0.607. The van der Waals surface area contributed by atoms with Crippen molar-refractivity contribution in [3.8, 4) is 11.5 Å². The van der Waals surface area contributed by atoms with Gasteiger partial charge in [-0.3, -0.25) is 9.59 Å². The van der Waals surface area contributed by atoms with Crippen LogP contribution in [-0.4, -0.2) is 54.1 Å². The Hall–Kier alpha value is -3.32. The summed E-state index contributed by atoms with van der Waals surface area (Å²) in [5.41, 5.74) is 1.22. The third-order valence-electron chi connectivity index (χ3n) is 6.16. The Morgan fingerprint density at radius 2 is 1.88 bits per heavy atom. The largest absolute Gasteiger partial charge is 0.504 e. The molecule has 1 N–H and O–H groups in total. The van der Waals surface area contributed by atoms with Gasteiger partial charge in [-0.15, -0.1) is 0 Å². The number of rotatable bonds is 8. The molecule has 1 unspecified atom stereocenters. The molecule has 1 aliphatic rings. The highest BCUT2D eigenvalue weighted by Crippen LogP contribution is 2.40. The van der Waals surface area contributed by atoms with Gasteiger partial charge in [0.05, 0.1) is 24.1 Å². The normalized spacial score (nSPS) is 15.6. The summed E-state index contributed by atoms with van der Waals surface area (Å²) in [6.45, 7) is 7.43. The van der Waals surface area contributed by atoms with E-state index >= 15 is 0 Å². The highest BCUT2D eigenvalue weighted by Gasteiger charge is 2.42. The molecule has 0 fully saturated rings. The van der Waals surface area contributed by atoms with Crippen molar-refractivity contribution in [3.05, 3.63) is 69.6 Å². The van der Waals surface area contributed by atoms with Gasteiger partial charge in [0.25, 0.3) is 5.91 Å². The minimum Gasteiger partial charge on any atom is -0.504 e. The van der Waals surface area contributed by atoms with Gasteiger partial charge in [0.15, 0.2) is 16.9 Å². The van der Waals surface area contributed by atoms with E-state index < -0.39 is 6.04 Å². The first-order valence-corrected chi connectivity index (χ1v) is 11.0. The Morgan fingerprint density at radius 3 is 2.59 bits per heavy atom. The molecule has 3 aromatic rings. The zero-order valence-electron chi connectivity index (χ0n) is 18.6. The molecule has 1 atom stereocenters. The zero-order valence-corrected chi connectivity index (χ0v) is 18.6. The van der Waals surface area contributed by atoms with Gasteiger partial charge in [-0.2, -0.15) is 0 Å². The van der Waals surface area contributed by atoms with Gasteiger partial charge in [-0.1, -0.05) is 32.0 Å². The molecule has 2 heterocycles. The molecule has 0 spiro atoms. The number of carbonyl (C=O) groups is 1. The number of ether oxygens (including phenoxy) is 1. The number of carbonyl (C=O) groups excluding carboxylic acids is 1. The van der Waals surface area contributed by atoms with Gasteiger partial charge in [0, 0.05) is 6.54 Å². The standard InChI is InChI=1S/C25H28N2O5/c1-4-26(5-2)13-8-14-27-22(16-11-12-18(28)20(15-16)31-3)21-23(29)17-9-6-7-10-19(17)32-24(21)25(27)30/h6-7,9-12,15,22,28H,4-5,8,13-14H2,1-3H3. The number of para-hydroxylation sites is 1. The molecule has 0 bridgehead atoms. The Bertz CT molecular complexity index is 1200. The third kappa shape index (κ3) is 3.73. The molecule has 32 heavy (non-hydrogen) atoms. The maximum Gasteiger partial charge on any atom is 0.290 e. The number of fused-ring (bicyclic) bond motifs is 2. The van der Waals surface area contributed by atoms with Crippen LogP contribution in [0.1, 0.15) is 48.0 Å². The number of nitrogens with zero attached hydrogens (tertiary/aromatic N) is 2. The van der Waals surface area contributed by atoms with Crippen LogP contribution in [0.2, 0.25) is 0 Å². The first-order chi connectivity index (χ1) is 15.5. The van der Waals surface area contributed by atoms with Crippen LogP contribution in [0.3, 0.4) is 0 Å². The fraction of sp³-hybridized carbons (Fsp3) is 0.360. The molecular weight excluding hydrogens is 408 g/mol. The smallest absolute Gasteiger partial charge is 0.290 e. The van der Waals surface area contributed by atoms with Gasteiger partial charge >= 0.3 is 0 Å². The summed E-state index contributed by atoms with van der Waals surface area (Å²) in [6, 6.07) is 11.3. The molecule has 0 saturated heterocycles. The van der Waals surface area contributed by atoms with Crippen LogP contribution in [0.5, 0.6) is 11.5 Å². The second-order valence-electron chi connectivity index (χ2n) is 7.88. The van der Waals surface area contributed by atoms with E-state index in [1.165, 1.54) is 13.2 Å². The van der Waals surface area contributed by atoms with E-state index in [0.29, 0.717) is 28.6 Å². The lowest BCUT2D eigenvalue weighted by atomic mass is 9.98. The number of hydrogen-bond acceptors (Lipinski definition) is 6. The zero-order chi connectivity index (χ0) is 22.8. The number of phenolic OH excluding ortho intramolecular Hbond substituents is 1. The van der Waals surface area contributed by atoms with Crippen LogP contribution in [0.15, 0.2) is 51.7 Å². The first kappa shape index (κ1) is 21.9. The molecule has 7 nitrogen and oxygen atoms in total. The third-order valence-corrected chi connectivity index (χ3v) is 6.16. The molecule has 1 amide bonds. The summed E-state index contributed by atoms with van der Waals surface area (Å²) in [6.07, 6.45) is 0.765. The molecule has 1 aromatic heterocycles. The summed E-state index contributed by atoms with van der Waals surface area (Å²) < 4.78 is 11.2. The average molecular weight is 437 g/mol. The predicted octanol–water partition coefficient (Wildman–Crippen LogP) is 3.78. The molecule has 2 aromatic carbocycles. The second-order valence-corrected chi connectivity index (χ2v) is 7.88. The number of amides is 1. The molecule has 7 heteroatoms. The van der Waals surface area contributed by atoms with E-state index in [1.54, 1.807) is 41.3 Å².